The first kappa shape index (κ1) is 16.5. The van der Waals surface area contributed by atoms with Gasteiger partial charge in [-0.1, -0.05) is 30.3 Å². The molecular weight excluding hydrogens is 298 g/mol. The molecule has 1 aliphatic heterocycles. The molecule has 4 heteroatoms. The zero-order chi connectivity index (χ0) is 17.1. The van der Waals surface area contributed by atoms with Crippen LogP contribution in [0.1, 0.15) is 23.7 Å². The lowest BCUT2D eigenvalue weighted by atomic mass is 10.1. The molecular formula is C20H25N3O. The van der Waals surface area contributed by atoms with Crippen LogP contribution >= 0.6 is 0 Å². The highest BCUT2D eigenvalue weighted by Gasteiger charge is 2.33. The third-order valence-electron chi connectivity index (χ3n) is 4.89. The van der Waals surface area contributed by atoms with Crippen molar-refractivity contribution in [1.82, 2.24) is 4.90 Å². The lowest BCUT2D eigenvalue weighted by Crippen LogP contribution is -2.35. The van der Waals surface area contributed by atoms with Crippen molar-refractivity contribution in [1.29, 1.82) is 0 Å². The fourth-order valence-corrected chi connectivity index (χ4v) is 3.49. The quantitative estimate of drug-likeness (QED) is 0.939. The number of para-hydroxylation sites is 2. The summed E-state index contributed by atoms with van der Waals surface area (Å²) < 4.78 is 0. The van der Waals surface area contributed by atoms with Crippen molar-refractivity contribution in [3.8, 4) is 0 Å². The van der Waals surface area contributed by atoms with Crippen molar-refractivity contribution < 1.29 is 4.79 Å². The molecule has 2 aromatic rings. The molecule has 3 rings (SSSR count). The largest absolute Gasteiger partial charge is 0.344 e. The number of carbonyl (C=O) groups excluding carboxylic acids is 1. The van der Waals surface area contributed by atoms with Crippen LogP contribution in [-0.2, 0) is 0 Å². The number of hydrogen-bond acceptors (Lipinski definition) is 3. The van der Waals surface area contributed by atoms with Crippen molar-refractivity contribution in [2.45, 2.75) is 19.4 Å². The van der Waals surface area contributed by atoms with E-state index < -0.39 is 0 Å². The fraction of sp³-hybridized carbons (Fsp3) is 0.350. The van der Waals surface area contributed by atoms with Crippen LogP contribution in [0, 0.1) is 5.92 Å². The first-order chi connectivity index (χ1) is 11.6. The zero-order valence-corrected chi connectivity index (χ0v) is 14.4. The van der Waals surface area contributed by atoms with Crippen LogP contribution in [0.15, 0.2) is 54.6 Å². The third-order valence-corrected chi connectivity index (χ3v) is 4.89. The van der Waals surface area contributed by atoms with E-state index in [1.807, 2.05) is 66.5 Å². The molecule has 2 N–H and O–H groups in total. The lowest BCUT2D eigenvalue weighted by Gasteiger charge is -2.26. The average molecular weight is 323 g/mol. The summed E-state index contributed by atoms with van der Waals surface area (Å²) in [5, 5.41) is 0. The number of amides is 1. The van der Waals surface area contributed by atoms with Gasteiger partial charge < -0.3 is 15.5 Å². The van der Waals surface area contributed by atoms with Gasteiger partial charge in [0.15, 0.2) is 0 Å². The second kappa shape index (κ2) is 7.05. The molecule has 0 bridgehead atoms. The van der Waals surface area contributed by atoms with Gasteiger partial charge in [0.2, 0.25) is 0 Å². The lowest BCUT2D eigenvalue weighted by molar-refractivity contribution is 0.0744. The van der Waals surface area contributed by atoms with E-state index in [2.05, 4.69) is 11.8 Å². The van der Waals surface area contributed by atoms with Gasteiger partial charge in [-0.2, -0.15) is 0 Å². The van der Waals surface area contributed by atoms with E-state index in [0.717, 1.165) is 29.9 Å². The number of hydrogen-bond donors (Lipinski definition) is 1. The van der Waals surface area contributed by atoms with Crippen molar-refractivity contribution in [3.05, 3.63) is 60.2 Å². The number of benzene rings is 2. The molecule has 0 aliphatic carbocycles. The molecule has 2 unspecified atom stereocenters. The van der Waals surface area contributed by atoms with Gasteiger partial charge in [-0.05, 0) is 50.1 Å². The molecule has 1 saturated heterocycles. The summed E-state index contributed by atoms with van der Waals surface area (Å²) in [7, 11) is 2.00. The topological polar surface area (TPSA) is 49.6 Å². The molecule has 0 aromatic heterocycles. The first-order valence-corrected chi connectivity index (χ1v) is 8.50. The van der Waals surface area contributed by atoms with Crippen LogP contribution in [0.2, 0.25) is 0 Å². The van der Waals surface area contributed by atoms with E-state index in [1.54, 1.807) is 0 Å². The van der Waals surface area contributed by atoms with Gasteiger partial charge in [-0.25, -0.2) is 0 Å². The Morgan fingerprint density at radius 3 is 2.50 bits per heavy atom. The predicted molar refractivity (Wildman–Crippen MR) is 98.6 cm³/mol. The molecule has 0 radical (unpaired) electrons. The number of carbonyl (C=O) groups is 1. The zero-order valence-electron chi connectivity index (χ0n) is 14.4. The van der Waals surface area contributed by atoms with E-state index in [-0.39, 0.29) is 11.9 Å². The summed E-state index contributed by atoms with van der Waals surface area (Å²) in [6.07, 6.45) is 0.985. The summed E-state index contributed by atoms with van der Waals surface area (Å²) in [6, 6.07) is 18.2. The Kier molecular flexibility index (Phi) is 4.86. The number of anilines is 2. The van der Waals surface area contributed by atoms with Crippen LogP contribution in [0.25, 0.3) is 0 Å². The minimum absolute atomic E-state index is 0.0943. The average Bonchev–Trinajstić information content (AvgIpc) is 3.02. The molecule has 24 heavy (non-hydrogen) atoms. The van der Waals surface area contributed by atoms with E-state index in [0.29, 0.717) is 12.5 Å². The highest BCUT2D eigenvalue weighted by atomic mass is 16.2. The Hall–Kier alpha value is -2.33. The minimum Gasteiger partial charge on any atom is -0.344 e. The van der Waals surface area contributed by atoms with E-state index in [4.69, 9.17) is 5.73 Å². The third kappa shape index (κ3) is 3.15. The van der Waals surface area contributed by atoms with Gasteiger partial charge in [-0.3, -0.25) is 4.79 Å². The first-order valence-electron chi connectivity index (χ1n) is 8.50. The van der Waals surface area contributed by atoms with Gasteiger partial charge >= 0.3 is 0 Å². The van der Waals surface area contributed by atoms with Gasteiger partial charge in [0, 0.05) is 25.3 Å². The van der Waals surface area contributed by atoms with Gasteiger partial charge in [0.05, 0.1) is 11.3 Å². The van der Waals surface area contributed by atoms with Gasteiger partial charge in [-0.15, -0.1) is 0 Å². The molecule has 0 spiro atoms. The maximum absolute atomic E-state index is 13.1. The summed E-state index contributed by atoms with van der Waals surface area (Å²) in [6.45, 7) is 3.50. The number of likely N-dealkylation sites (tertiary alicyclic amines) is 1. The molecule has 1 aliphatic rings. The highest BCUT2D eigenvalue weighted by molar-refractivity contribution is 6.00. The maximum atomic E-state index is 13.1. The van der Waals surface area contributed by atoms with Crippen molar-refractivity contribution in [2.24, 2.45) is 11.7 Å². The maximum Gasteiger partial charge on any atom is 0.256 e. The number of nitrogens with zero attached hydrogens (tertiary/aromatic N) is 2. The van der Waals surface area contributed by atoms with Crippen LogP contribution in [0.3, 0.4) is 0 Å². The predicted octanol–water partition coefficient (Wildman–Crippen LogP) is 3.26. The molecule has 4 nitrogen and oxygen atoms in total. The van der Waals surface area contributed by atoms with Crippen molar-refractivity contribution in [3.63, 3.8) is 0 Å². The molecule has 0 saturated carbocycles. The Bertz CT molecular complexity index is 701. The minimum atomic E-state index is 0.0943. The van der Waals surface area contributed by atoms with Gasteiger partial charge in [0.1, 0.15) is 0 Å². The monoisotopic (exact) mass is 323 g/mol. The summed E-state index contributed by atoms with van der Waals surface area (Å²) in [4.78, 5) is 17.2. The Labute approximate surface area is 143 Å². The number of rotatable bonds is 4. The second-order valence-corrected chi connectivity index (χ2v) is 6.56. The van der Waals surface area contributed by atoms with E-state index >= 15 is 0 Å². The SMILES string of the molecule is CC1CC(CN)CN1C(=O)c1ccccc1N(C)c1ccccc1. The molecule has 2 atom stereocenters. The fourth-order valence-electron chi connectivity index (χ4n) is 3.49. The van der Waals surface area contributed by atoms with Crippen molar-refractivity contribution in [2.75, 3.05) is 25.0 Å². The smallest absolute Gasteiger partial charge is 0.256 e. The Morgan fingerprint density at radius 2 is 1.83 bits per heavy atom. The second-order valence-electron chi connectivity index (χ2n) is 6.56. The van der Waals surface area contributed by atoms with Crippen LogP contribution in [0.5, 0.6) is 0 Å². The van der Waals surface area contributed by atoms with Crippen molar-refractivity contribution >= 4 is 17.3 Å². The number of nitrogens with two attached hydrogens (primary N) is 1. The molecule has 1 amide bonds. The van der Waals surface area contributed by atoms with E-state index in [9.17, 15) is 4.79 Å². The Morgan fingerprint density at radius 1 is 1.17 bits per heavy atom. The van der Waals surface area contributed by atoms with Crippen LogP contribution in [0.4, 0.5) is 11.4 Å². The summed E-state index contributed by atoms with van der Waals surface area (Å²) in [5.41, 5.74) is 8.54. The molecule has 126 valence electrons. The normalized spacial score (nSPS) is 20.2. The summed E-state index contributed by atoms with van der Waals surface area (Å²) in [5.74, 6) is 0.500. The molecule has 1 fully saturated rings. The van der Waals surface area contributed by atoms with Crippen LogP contribution < -0.4 is 10.6 Å². The van der Waals surface area contributed by atoms with E-state index in [1.165, 1.54) is 0 Å². The Balaban J connectivity index is 1.91. The molecule has 1 heterocycles. The summed E-state index contributed by atoms with van der Waals surface area (Å²) >= 11 is 0. The standard InChI is InChI=1S/C20H25N3O/c1-15-12-16(13-21)14-23(15)20(24)18-10-6-7-11-19(18)22(2)17-8-4-3-5-9-17/h3-11,15-16H,12-14,21H2,1-2H3. The highest BCUT2D eigenvalue weighted by Crippen LogP contribution is 2.30. The van der Waals surface area contributed by atoms with Gasteiger partial charge in [0.25, 0.3) is 5.91 Å². The molecule has 2 aromatic carbocycles. The van der Waals surface area contributed by atoms with Crippen LogP contribution in [-0.4, -0.2) is 37.0 Å².